The van der Waals surface area contributed by atoms with Gasteiger partial charge in [0, 0.05) is 19.6 Å². The van der Waals surface area contributed by atoms with E-state index >= 15 is 0 Å². The zero-order valence-corrected chi connectivity index (χ0v) is 15.3. The van der Waals surface area contributed by atoms with Crippen molar-refractivity contribution in [3.63, 3.8) is 0 Å². The number of alkyl carbamates (subject to hydrolysis) is 1. The van der Waals surface area contributed by atoms with Crippen LogP contribution in [-0.4, -0.2) is 89.2 Å². The van der Waals surface area contributed by atoms with Gasteiger partial charge in [0.2, 0.25) is 0 Å². The molecule has 0 saturated heterocycles. The van der Waals surface area contributed by atoms with Gasteiger partial charge in [-0.1, -0.05) is 0 Å². The number of amides is 1. The quantitative estimate of drug-likeness (QED) is 0.365. The largest absolute Gasteiger partial charge is 0.444 e. The van der Waals surface area contributed by atoms with E-state index in [-0.39, 0.29) is 6.61 Å². The maximum atomic E-state index is 11.4. The Balaban J connectivity index is 3.35. The first kappa shape index (κ1) is 22.8. The molecule has 1 N–H and O–H groups in total. The number of aldehydes is 1. The number of hydrogen-bond acceptors (Lipinski definition) is 7. The Morgan fingerprint density at radius 1 is 1.00 bits per heavy atom. The fraction of sp³-hybridized carbons (Fsp3) is 0.875. The minimum absolute atomic E-state index is 0.114. The lowest BCUT2D eigenvalue weighted by atomic mass is 10.2. The number of carbonyl (C=O) groups is 2. The van der Waals surface area contributed by atoms with E-state index in [0.717, 1.165) is 19.4 Å². The van der Waals surface area contributed by atoms with Crippen LogP contribution >= 0.6 is 0 Å². The van der Waals surface area contributed by atoms with Gasteiger partial charge in [-0.15, -0.1) is 0 Å². The zero-order chi connectivity index (χ0) is 18.3. The van der Waals surface area contributed by atoms with Crippen LogP contribution < -0.4 is 5.32 Å². The first-order valence-electron chi connectivity index (χ1n) is 8.17. The number of carbonyl (C=O) groups excluding carboxylic acids is 2. The van der Waals surface area contributed by atoms with E-state index in [2.05, 4.69) is 10.2 Å². The standard InChI is InChI=1S/C16H32N2O6/c1-16(2,3)24-15(20)17-5-9-21-10-6-18(4)7-11-22-13-14-23-12-8-19/h8H,5-7,9-14H2,1-4H3,(H,17,20). The molecule has 0 aliphatic carbocycles. The molecule has 8 nitrogen and oxygen atoms in total. The molecule has 0 aliphatic rings. The highest BCUT2D eigenvalue weighted by Gasteiger charge is 2.15. The van der Waals surface area contributed by atoms with Crippen LogP contribution in [0.5, 0.6) is 0 Å². The van der Waals surface area contributed by atoms with Crippen molar-refractivity contribution in [3.05, 3.63) is 0 Å². The van der Waals surface area contributed by atoms with Crippen molar-refractivity contribution in [1.29, 1.82) is 0 Å². The average molecular weight is 348 g/mol. The topological polar surface area (TPSA) is 86.3 Å². The molecule has 1 amide bonds. The molecule has 24 heavy (non-hydrogen) atoms. The van der Waals surface area contributed by atoms with Crippen LogP contribution in [0.3, 0.4) is 0 Å². The van der Waals surface area contributed by atoms with Crippen LogP contribution in [0.4, 0.5) is 4.79 Å². The average Bonchev–Trinajstić information content (AvgIpc) is 2.48. The van der Waals surface area contributed by atoms with Crippen molar-refractivity contribution in [2.75, 3.05) is 66.3 Å². The fourth-order valence-corrected chi connectivity index (χ4v) is 1.55. The van der Waals surface area contributed by atoms with Crippen molar-refractivity contribution in [2.45, 2.75) is 26.4 Å². The third-order valence-electron chi connectivity index (χ3n) is 2.71. The number of nitrogens with one attached hydrogen (secondary N) is 1. The Morgan fingerprint density at radius 3 is 2.17 bits per heavy atom. The van der Waals surface area contributed by atoms with Crippen LogP contribution in [0.25, 0.3) is 0 Å². The minimum Gasteiger partial charge on any atom is -0.444 e. The van der Waals surface area contributed by atoms with E-state index in [1.165, 1.54) is 0 Å². The molecule has 0 atom stereocenters. The molecular weight excluding hydrogens is 316 g/mol. The number of rotatable bonds is 14. The van der Waals surface area contributed by atoms with Crippen molar-refractivity contribution in [1.82, 2.24) is 10.2 Å². The third-order valence-corrected chi connectivity index (χ3v) is 2.71. The van der Waals surface area contributed by atoms with Crippen LogP contribution in [0.2, 0.25) is 0 Å². The SMILES string of the molecule is CN(CCOCCNC(=O)OC(C)(C)C)CCOCCOCC=O. The van der Waals surface area contributed by atoms with Gasteiger partial charge < -0.3 is 34.0 Å². The molecule has 0 rings (SSSR count). The van der Waals surface area contributed by atoms with Crippen molar-refractivity contribution in [2.24, 2.45) is 0 Å². The second kappa shape index (κ2) is 14.2. The Hall–Kier alpha value is -1.22. The van der Waals surface area contributed by atoms with Crippen LogP contribution in [0, 0.1) is 0 Å². The number of likely N-dealkylation sites (N-methyl/N-ethyl adjacent to an activating group) is 1. The minimum atomic E-state index is -0.490. The lowest BCUT2D eigenvalue weighted by Gasteiger charge is -2.20. The fourth-order valence-electron chi connectivity index (χ4n) is 1.55. The summed E-state index contributed by atoms with van der Waals surface area (Å²) in [5.74, 6) is 0. The molecule has 142 valence electrons. The van der Waals surface area contributed by atoms with Crippen LogP contribution in [0.15, 0.2) is 0 Å². The number of ether oxygens (including phenoxy) is 4. The second-order valence-corrected chi connectivity index (χ2v) is 6.20. The maximum Gasteiger partial charge on any atom is 0.407 e. The van der Waals surface area contributed by atoms with E-state index in [4.69, 9.17) is 18.9 Å². The van der Waals surface area contributed by atoms with E-state index in [1.807, 2.05) is 27.8 Å². The van der Waals surface area contributed by atoms with Gasteiger partial charge >= 0.3 is 6.09 Å². The van der Waals surface area contributed by atoms with Gasteiger partial charge in [0.05, 0.1) is 33.0 Å². The van der Waals surface area contributed by atoms with Gasteiger partial charge in [0.1, 0.15) is 18.5 Å². The first-order chi connectivity index (χ1) is 11.3. The lowest BCUT2D eigenvalue weighted by molar-refractivity contribution is -0.112. The monoisotopic (exact) mass is 348 g/mol. The highest BCUT2D eigenvalue weighted by atomic mass is 16.6. The van der Waals surface area contributed by atoms with E-state index in [0.29, 0.717) is 39.6 Å². The maximum absolute atomic E-state index is 11.4. The zero-order valence-electron chi connectivity index (χ0n) is 15.3. The summed E-state index contributed by atoms with van der Waals surface area (Å²) in [5.41, 5.74) is -0.490. The third kappa shape index (κ3) is 17.1. The summed E-state index contributed by atoms with van der Waals surface area (Å²) in [4.78, 5) is 23.5. The molecule has 0 aromatic carbocycles. The molecule has 0 fully saturated rings. The summed E-state index contributed by atoms with van der Waals surface area (Å²) < 4.78 is 20.9. The summed E-state index contributed by atoms with van der Waals surface area (Å²) >= 11 is 0. The van der Waals surface area contributed by atoms with Crippen molar-refractivity contribution in [3.8, 4) is 0 Å². The molecule has 0 radical (unpaired) electrons. The lowest BCUT2D eigenvalue weighted by Crippen LogP contribution is -2.34. The van der Waals surface area contributed by atoms with Crippen LogP contribution in [0.1, 0.15) is 20.8 Å². The first-order valence-corrected chi connectivity index (χ1v) is 8.17. The summed E-state index contributed by atoms with van der Waals surface area (Å²) in [5, 5.41) is 2.64. The molecule has 0 spiro atoms. The van der Waals surface area contributed by atoms with Crippen molar-refractivity contribution >= 4 is 12.4 Å². The second-order valence-electron chi connectivity index (χ2n) is 6.20. The highest BCUT2D eigenvalue weighted by molar-refractivity contribution is 5.67. The van der Waals surface area contributed by atoms with Gasteiger partial charge in [0.15, 0.2) is 0 Å². The molecule has 8 heteroatoms. The van der Waals surface area contributed by atoms with Gasteiger partial charge in [-0.05, 0) is 27.8 Å². The summed E-state index contributed by atoms with van der Waals surface area (Å²) in [6.07, 6.45) is 0.286. The molecular formula is C16H32N2O6. The summed E-state index contributed by atoms with van der Waals surface area (Å²) in [7, 11) is 1.98. The smallest absolute Gasteiger partial charge is 0.407 e. The molecule has 0 aliphatic heterocycles. The predicted molar refractivity (Wildman–Crippen MR) is 90.3 cm³/mol. The Labute approximate surface area is 144 Å². The molecule has 0 aromatic heterocycles. The molecule has 0 saturated carbocycles. The van der Waals surface area contributed by atoms with E-state index < -0.39 is 11.7 Å². The van der Waals surface area contributed by atoms with Crippen molar-refractivity contribution < 1.29 is 28.5 Å². The molecule has 0 unspecified atom stereocenters. The molecule has 0 heterocycles. The highest BCUT2D eigenvalue weighted by Crippen LogP contribution is 2.05. The van der Waals surface area contributed by atoms with Gasteiger partial charge in [-0.25, -0.2) is 4.79 Å². The normalized spacial score (nSPS) is 11.5. The number of nitrogens with zero attached hydrogens (tertiary/aromatic N) is 1. The predicted octanol–water partition coefficient (Wildman–Crippen LogP) is 0.692. The molecule has 0 bridgehead atoms. The Morgan fingerprint density at radius 2 is 1.58 bits per heavy atom. The van der Waals surface area contributed by atoms with Gasteiger partial charge in [-0.2, -0.15) is 0 Å². The van der Waals surface area contributed by atoms with Gasteiger partial charge in [0.25, 0.3) is 0 Å². The summed E-state index contributed by atoms with van der Waals surface area (Å²) in [6.45, 7) is 10.1. The number of hydrogen-bond donors (Lipinski definition) is 1. The van der Waals surface area contributed by atoms with E-state index in [9.17, 15) is 9.59 Å². The summed E-state index contributed by atoms with van der Waals surface area (Å²) in [6, 6.07) is 0. The Kier molecular flexibility index (Phi) is 13.4. The Bertz CT molecular complexity index is 333. The van der Waals surface area contributed by atoms with Gasteiger partial charge in [-0.3, -0.25) is 0 Å². The van der Waals surface area contributed by atoms with Crippen LogP contribution in [-0.2, 0) is 23.7 Å². The van der Waals surface area contributed by atoms with E-state index in [1.54, 1.807) is 0 Å². The molecule has 0 aromatic rings.